The van der Waals surface area contributed by atoms with Gasteiger partial charge in [-0.05, 0) is 48.9 Å². The summed E-state index contributed by atoms with van der Waals surface area (Å²) in [6.45, 7) is 2.09. The Morgan fingerprint density at radius 2 is 1.92 bits per heavy atom. The molecule has 0 saturated carbocycles. The van der Waals surface area contributed by atoms with Crippen LogP contribution in [0.25, 0.3) is 16.9 Å². The maximum Gasteiger partial charge on any atom is 0.143 e. The van der Waals surface area contributed by atoms with Gasteiger partial charge in [-0.25, -0.2) is 9.37 Å². The molecule has 3 heterocycles. The molecule has 0 spiro atoms. The molecule has 0 radical (unpaired) electrons. The lowest BCUT2D eigenvalue weighted by Gasteiger charge is -2.12. The molecule has 3 aromatic heterocycles. The first-order valence-electron chi connectivity index (χ1n) is 8.30. The first kappa shape index (κ1) is 16.5. The number of nitrogens with zero attached hydrogens (tertiary/aromatic N) is 3. The Balaban J connectivity index is 1.96. The first-order valence-corrected chi connectivity index (χ1v) is 8.68. The minimum atomic E-state index is -0.277. The summed E-state index contributed by atoms with van der Waals surface area (Å²) in [5, 5.41) is 3.90. The zero-order chi connectivity index (χ0) is 18.1. The van der Waals surface area contributed by atoms with Crippen molar-refractivity contribution in [3.63, 3.8) is 0 Å². The lowest BCUT2D eigenvalue weighted by atomic mass is 10.2. The maximum absolute atomic E-state index is 13.3. The number of hydrogen-bond acceptors (Lipinski definition) is 3. The van der Waals surface area contributed by atoms with Gasteiger partial charge in [-0.3, -0.25) is 9.38 Å². The van der Waals surface area contributed by atoms with Crippen LogP contribution >= 0.6 is 11.6 Å². The summed E-state index contributed by atoms with van der Waals surface area (Å²) in [6.07, 6.45) is 4.13. The fourth-order valence-corrected chi connectivity index (χ4v) is 3.19. The van der Waals surface area contributed by atoms with Gasteiger partial charge in [0.2, 0.25) is 0 Å². The van der Waals surface area contributed by atoms with E-state index in [1.54, 1.807) is 24.5 Å². The van der Waals surface area contributed by atoms with Crippen molar-refractivity contribution >= 4 is 28.8 Å². The number of aromatic nitrogens is 3. The highest BCUT2D eigenvalue weighted by atomic mass is 35.5. The monoisotopic (exact) mass is 366 g/mol. The number of anilines is 2. The fraction of sp³-hybridized carbons (Fsp3) is 0.100. The molecule has 0 saturated heterocycles. The fourth-order valence-electron chi connectivity index (χ4n) is 2.98. The zero-order valence-electron chi connectivity index (χ0n) is 14.1. The van der Waals surface area contributed by atoms with E-state index in [1.165, 1.54) is 12.1 Å². The SMILES string of the molecule is CCc1cccc2nc(-c3ccncc3Cl)c(Nc3ccc(F)cc3)n12. The number of hydrogen-bond donors (Lipinski definition) is 1. The number of imidazole rings is 1. The van der Waals surface area contributed by atoms with E-state index in [0.29, 0.717) is 5.02 Å². The number of benzene rings is 1. The third-order valence-electron chi connectivity index (χ3n) is 4.22. The summed E-state index contributed by atoms with van der Waals surface area (Å²) in [6, 6.07) is 14.1. The molecule has 0 atom stereocenters. The van der Waals surface area contributed by atoms with E-state index in [9.17, 15) is 4.39 Å². The first-order chi connectivity index (χ1) is 12.7. The van der Waals surface area contributed by atoms with E-state index in [4.69, 9.17) is 16.6 Å². The number of rotatable bonds is 4. The van der Waals surface area contributed by atoms with Gasteiger partial charge in [0, 0.05) is 29.3 Å². The normalized spacial score (nSPS) is 11.0. The molecule has 0 unspecified atom stereocenters. The second kappa shape index (κ2) is 6.77. The molecule has 4 nitrogen and oxygen atoms in total. The van der Waals surface area contributed by atoms with Gasteiger partial charge in [0.1, 0.15) is 23.0 Å². The molecular weight excluding hydrogens is 351 g/mol. The summed E-state index contributed by atoms with van der Waals surface area (Å²) >= 11 is 6.37. The molecule has 6 heteroatoms. The van der Waals surface area contributed by atoms with Crippen molar-refractivity contribution in [3.05, 3.63) is 77.5 Å². The molecule has 0 aliphatic carbocycles. The molecule has 0 aliphatic heterocycles. The highest BCUT2D eigenvalue weighted by Crippen LogP contribution is 2.35. The summed E-state index contributed by atoms with van der Waals surface area (Å²) in [7, 11) is 0. The van der Waals surface area contributed by atoms with Gasteiger partial charge in [0.05, 0.1) is 5.02 Å². The van der Waals surface area contributed by atoms with Crippen molar-refractivity contribution in [2.24, 2.45) is 0 Å². The largest absolute Gasteiger partial charge is 0.339 e. The lowest BCUT2D eigenvalue weighted by molar-refractivity contribution is 0.628. The number of nitrogens with one attached hydrogen (secondary N) is 1. The van der Waals surface area contributed by atoms with Crippen LogP contribution in [0.3, 0.4) is 0 Å². The molecule has 4 rings (SSSR count). The highest BCUT2D eigenvalue weighted by Gasteiger charge is 2.18. The lowest BCUT2D eigenvalue weighted by Crippen LogP contribution is -2.01. The van der Waals surface area contributed by atoms with Crippen LogP contribution in [0.5, 0.6) is 0 Å². The smallest absolute Gasteiger partial charge is 0.143 e. The predicted molar refractivity (Wildman–Crippen MR) is 102 cm³/mol. The molecule has 0 fully saturated rings. The van der Waals surface area contributed by atoms with Crippen LogP contribution in [0.2, 0.25) is 5.02 Å². The van der Waals surface area contributed by atoms with Gasteiger partial charge >= 0.3 is 0 Å². The third-order valence-corrected chi connectivity index (χ3v) is 4.52. The van der Waals surface area contributed by atoms with Gasteiger partial charge in [-0.2, -0.15) is 0 Å². The van der Waals surface area contributed by atoms with Crippen LogP contribution in [0.15, 0.2) is 60.9 Å². The Bertz CT molecular complexity index is 1070. The number of aryl methyl sites for hydroxylation is 1. The van der Waals surface area contributed by atoms with Crippen LogP contribution in [0, 0.1) is 5.82 Å². The Hall–Kier alpha value is -2.92. The second-order valence-electron chi connectivity index (χ2n) is 5.86. The quantitative estimate of drug-likeness (QED) is 0.519. The Labute approximate surface area is 155 Å². The maximum atomic E-state index is 13.3. The van der Waals surface area contributed by atoms with Crippen molar-refractivity contribution in [1.82, 2.24) is 14.4 Å². The molecule has 4 aromatic rings. The van der Waals surface area contributed by atoms with E-state index in [2.05, 4.69) is 27.7 Å². The Kier molecular flexibility index (Phi) is 4.31. The molecule has 0 bridgehead atoms. The highest BCUT2D eigenvalue weighted by molar-refractivity contribution is 6.33. The van der Waals surface area contributed by atoms with Crippen LogP contribution in [-0.2, 0) is 6.42 Å². The number of pyridine rings is 2. The van der Waals surface area contributed by atoms with E-state index in [1.807, 2.05) is 18.2 Å². The molecule has 1 N–H and O–H groups in total. The Morgan fingerprint density at radius 1 is 1.12 bits per heavy atom. The molecule has 1 aromatic carbocycles. The van der Waals surface area contributed by atoms with E-state index < -0.39 is 0 Å². The van der Waals surface area contributed by atoms with E-state index in [-0.39, 0.29) is 5.82 Å². The molecule has 0 aliphatic rings. The van der Waals surface area contributed by atoms with Crippen molar-refractivity contribution in [1.29, 1.82) is 0 Å². The standard InChI is InChI=1S/C20H16ClFN4/c1-2-15-4-3-5-18-25-19(16-10-11-23-12-17(16)21)20(26(15)18)24-14-8-6-13(22)7-9-14/h3-12,24H,2H2,1H3. The van der Waals surface area contributed by atoms with Gasteiger partial charge in [0.15, 0.2) is 0 Å². The predicted octanol–water partition coefficient (Wildman–Crippen LogP) is 5.49. The van der Waals surface area contributed by atoms with Gasteiger partial charge in [0.25, 0.3) is 0 Å². The minimum Gasteiger partial charge on any atom is -0.339 e. The van der Waals surface area contributed by atoms with Crippen LogP contribution in [0.4, 0.5) is 15.9 Å². The molecule has 26 heavy (non-hydrogen) atoms. The zero-order valence-corrected chi connectivity index (χ0v) is 14.8. The topological polar surface area (TPSA) is 42.2 Å². The van der Waals surface area contributed by atoms with Crippen molar-refractivity contribution < 1.29 is 4.39 Å². The van der Waals surface area contributed by atoms with E-state index >= 15 is 0 Å². The third kappa shape index (κ3) is 2.91. The average molecular weight is 367 g/mol. The summed E-state index contributed by atoms with van der Waals surface area (Å²) < 4.78 is 15.3. The van der Waals surface area contributed by atoms with Gasteiger partial charge in [-0.15, -0.1) is 0 Å². The summed E-state index contributed by atoms with van der Waals surface area (Å²) in [5.74, 6) is 0.512. The second-order valence-corrected chi connectivity index (χ2v) is 6.27. The van der Waals surface area contributed by atoms with Gasteiger partial charge in [-0.1, -0.05) is 24.6 Å². The molecule has 130 valence electrons. The van der Waals surface area contributed by atoms with Crippen LogP contribution < -0.4 is 5.32 Å². The summed E-state index contributed by atoms with van der Waals surface area (Å²) in [5.41, 5.74) is 4.21. The van der Waals surface area contributed by atoms with Crippen LogP contribution in [0.1, 0.15) is 12.6 Å². The van der Waals surface area contributed by atoms with Crippen molar-refractivity contribution in [2.45, 2.75) is 13.3 Å². The minimum absolute atomic E-state index is 0.277. The van der Waals surface area contributed by atoms with Crippen molar-refractivity contribution in [3.8, 4) is 11.3 Å². The summed E-state index contributed by atoms with van der Waals surface area (Å²) in [4.78, 5) is 8.83. The van der Waals surface area contributed by atoms with E-state index in [0.717, 1.165) is 40.5 Å². The Morgan fingerprint density at radius 3 is 2.65 bits per heavy atom. The van der Waals surface area contributed by atoms with Crippen LogP contribution in [-0.4, -0.2) is 14.4 Å². The average Bonchev–Trinajstić information content (AvgIpc) is 3.02. The molecular formula is C20H16ClFN4. The number of halogens is 2. The van der Waals surface area contributed by atoms with Gasteiger partial charge < -0.3 is 5.32 Å². The number of fused-ring (bicyclic) bond motifs is 1. The molecule has 0 amide bonds. The van der Waals surface area contributed by atoms with Crippen molar-refractivity contribution in [2.75, 3.05) is 5.32 Å².